The third kappa shape index (κ3) is 6.03. The van der Waals surface area contributed by atoms with Crippen molar-refractivity contribution < 1.29 is 14.3 Å². The summed E-state index contributed by atoms with van der Waals surface area (Å²) in [6.07, 6.45) is 1.72. The van der Waals surface area contributed by atoms with Crippen LogP contribution < -0.4 is 19.7 Å². The molecule has 31 heavy (non-hydrogen) atoms. The minimum atomic E-state index is 0. The molecule has 7 nitrogen and oxygen atoms in total. The predicted octanol–water partition coefficient (Wildman–Crippen LogP) is 2.96. The highest BCUT2D eigenvalue weighted by Gasteiger charge is 2.24. The molecule has 3 rings (SSSR count). The molecule has 0 aliphatic carbocycles. The summed E-state index contributed by atoms with van der Waals surface area (Å²) in [6.45, 7) is 1.69. The van der Waals surface area contributed by atoms with Gasteiger partial charge in [-0.1, -0.05) is 24.3 Å². The molecule has 0 saturated heterocycles. The van der Waals surface area contributed by atoms with Gasteiger partial charge in [0.25, 0.3) is 0 Å². The molecule has 168 valence electrons. The molecule has 0 saturated carbocycles. The summed E-state index contributed by atoms with van der Waals surface area (Å²) in [5, 5.41) is 3.19. The number of methoxy groups -OCH3 is 2. The van der Waals surface area contributed by atoms with Crippen LogP contribution in [-0.4, -0.2) is 64.7 Å². The van der Waals surface area contributed by atoms with Crippen molar-refractivity contribution in [3.05, 3.63) is 53.6 Å². The first-order valence-electron chi connectivity index (χ1n) is 10.1. The minimum Gasteiger partial charge on any atom is -0.493 e. The van der Waals surface area contributed by atoms with E-state index in [2.05, 4.69) is 16.4 Å². The number of amides is 1. The Morgan fingerprint density at radius 1 is 1.16 bits per heavy atom. The third-order valence-electron chi connectivity index (χ3n) is 5.34. The van der Waals surface area contributed by atoms with E-state index in [0.717, 1.165) is 42.9 Å². The maximum atomic E-state index is 12.7. The number of guanidine groups is 1. The van der Waals surface area contributed by atoms with Gasteiger partial charge in [0.15, 0.2) is 17.5 Å². The molecule has 0 spiro atoms. The Kier molecular flexibility index (Phi) is 9.42. The van der Waals surface area contributed by atoms with Crippen LogP contribution in [0.4, 0.5) is 5.69 Å². The van der Waals surface area contributed by atoms with Crippen LogP contribution in [0.1, 0.15) is 11.1 Å². The molecular formula is C23H31IN4O3. The number of hydrogen-bond acceptors (Lipinski definition) is 4. The Balaban J connectivity index is 0.00000341. The molecule has 2 aromatic carbocycles. The number of hydrogen-bond donors (Lipinski definition) is 1. The molecule has 0 aromatic heterocycles. The second-order valence-electron chi connectivity index (χ2n) is 7.19. The Labute approximate surface area is 201 Å². The van der Waals surface area contributed by atoms with E-state index in [1.165, 1.54) is 5.56 Å². The lowest BCUT2D eigenvalue weighted by atomic mass is 10.1. The maximum absolute atomic E-state index is 12.7. The number of likely N-dealkylation sites (N-methyl/N-ethyl adjacent to an activating group) is 1. The molecule has 0 bridgehead atoms. The Bertz CT molecular complexity index is 919. The van der Waals surface area contributed by atoms with E-state index < -0.39 is 0 Å². The number of carbonyl (C=O) groups is 1. The first-order chi connectivity index (χ1) is 14.6. The lowest BCUT2D eigenvalue weighted by molar-refractivity contribution is -0.117. The van der Waals surface area contributed by atoms with E-state index in [0.29, 0.717) is 11.7 Å². The highest BCUT2D eigenvalue weighted by atomic mass is 127. The third-order valence-corrected chi connectivity index (χ3v) is 5.34. The number of carbonyl (C=O) groups excluding carboxylic acids is 1. The number of halogens is 1. The van der Waals surface area contributed by atoms with Gasteiger partial charge in [0, 0.05) is 32.9 Å². The van der Waals surface area contributed by atoms with Gasteiger partial charge in [-0.15, -0.1) is 24.0 Å². The molecular weight excluding hydrogens is 507 g/mol. The number of anilines is 1. The fourth-order valence-corrected chi connectivity index (χ4v) is 3.67. The minimum absolute atomic E-state index is 0. The van der Waals surface area contributed by atoms with Crippen molar-refractivity contribution >= 4 is 41.5 Å². The molecule has 1 N–H and O–H groups in total. The van der Waals surface area contributed by atoms with Crippen molar-refractivity contribution in [2.75, 3.05) is 52.8 Å². The highest BCUT2D eigenvalue weighted by Crippen LogP contribution is 2.28. The Hall–Kier alpha value is -2.49. The zero-order valence-electron chi connectivity index (χ0n) is 18.6. The second kappa shape index (κ2) is 11.8. The van der Waals surface area contributed by atoms with Gasteiger partial charge in [0.2, 0.25) is 5.91 Å². The lowest BCUT2D eigenvalue weighted by Gasteiger charge is -2.24. The molecule has 1 amide bonds. The number of para-hydroxylation sites is 1. The number of nitrogens with one attached hydrogen (secondary N) is 1. The molecule has 0 radical (unpaired) electrons. The SMILES string of the molecule is CN=C(NCC(=O)N1CCc2ccccc21)N(C)CCc1ccc(OC)c(OC)c1.I. The van der Waals surface area contributed by atoms with Crippen molar-refractivity contribution in [2.45, 2.75) is 12.8 Å². The van der Waals surface area contributed by atoms with Crippen LogP contribution >= 0.6 is 24.0 Å². The summed E-state index contributed by atoms with van der Waals surface area (Å²) in [6, 6.07) is 14.0. The lowest BCUT2D eigenvalue weighted by Crippen LogP contribution is -2.45. The predicted molar refractivity (Wildman–Crippen MR) is 135 cm³/mol. The molecule has 0 fully saturated rings. The normalized spacial score (nSPS) is 12.6. The Morgan fingerprint density at radius 2 is 1.90 bits per heavy atom. The highest BCUT2D eigenvalue weighted by molar-refractivity contribution is 14.0. The summed E-state index contributed by atoms with van der Waals surface area (Å²) in [7, 11) is 6.95. The van der Waals surface area contributed by atoms with E-state index in [4.69, 9.17) is 9.47 Å². The molecule has 0 atom stereocenters. The van der Waals surface area contributed by atoms with Crippen molar-refractivity contribution in [2.24, 2.45) is 4.99 Å². The van der Waals surface area contributed by atoms with E-state index in [-0.39, 0.29) is 36.4 Å². The molecule has 1 heterocycles. The number of ether oxygens (including phenoxy) is 2. The number of rotatable bonds is 7. The summed E-state index contributed by atoms with van der Waals surface area (Å²) in [5.41, 5.74) is 3.38. The van der Waals surface area contributed by atoms with Gasteiger partial charge in [-0.2, -0.15) is 0 Å². The standard InChI is InChI=1S/C23H30N4O3.HI/c1-24-23(25-16-22(28)27-14-12-18-7-5-6-8-19(18)27)26(2)13-11-17-9-10-20(29-3)21(15-17)30-4;/h5-10,15H,11-14,16H2,1-4H3,(H,24,25);1H. The van der Waals surface area contributed by atoms with Crippen LogP contribution in [0.25, 0.3) is 0 Å². The first-order valence-corrected chi connectivity index (χ1v) is 10.1. The fourth-order valence-electron chi connectivity index (χ4n) is 3.67. The number of nitrogens with zero attached hydrogens (tertiary/aromatic N) is 3. The summed E-state index contributed by atoms with van der Waals surface area (Å²) in [5.74, 6) is 2.18. The van der Waals surface area contributed by atoms with Gasteiger partial charge in [-0.25, -0.2) is 0 Å². The zero-order chi connectivity index (χ0) is 21.5. The Morgan fingerprint density at radius 3 is 2.61 bits per heavy atom. The maximum Gasteiger partial charge on any atom is 0.246 e. The van der Waals surface area contributed by atoms with Crippen LogP contribution in [0.2, 0.25) is 0 Å². The monoisotopic (exact) mass is 538 g/mol. The smallest absolute Gasteiger partial charge is 0.246 e. The van der Waals surface area contributed by atoms with Crippen LogP contribution in [-0.2, 0) is 17.6 Å². The van der Waals surface area contributed by atoms with E-state index >= 15 is 0 Å². The average Bonchev–Trinajstić information content (AvgIpc) is 3.22. The van der Waals surface area contributed by atoms with Gasteiger partial charge in [-0.05, 0) is 42.2 Å². The fraction of sp³-hybridized carbons (Fsp3) is 0.391. The average molecular weight is 538 g/mol. The number of fused-ring (bicyclic) bond motifs is 1. The number of benzene rings is 2. The molecule has 0 unspecified atom stereocenters. The van der Waals surface area contributed by atoms with Gasteiger partial charge in [0.05, 0.1) is 20.8 Å². The summed E-state index contributed by atoms with van der Waals surface area (Å²) >= 11 is 0. The van der Waals surface area contributed by atoms with Crippen molar-refractivity contribution in [3.8, 4) is 11.5 Å². The van der Waals surface area contributed by atoms with Crippen molar-refractivity contribution in [1.82, 2.24) is 10.2 Å². The first kappa shape index (κ1) is 24.8. The van der Waals surface area contributed by atoms with E-state index in [9.17, 15) is 4.79 Å². The van der Waals surface area contributed by atoms with Crippen LogP contribution in [0.3, 0.4) is 0 Å². The zero-order valence-corrected chi connectivity index (χ0v) is 20.9. The topological polar surface area (TPSA) is 66.4 Å². The molecule has 8 heteroatoms. The van der Waals surface area contributed by atoms with E-state index in [1.807, 2.05) is 53.2 Å². The number of aliphatic imine (C=N–C) groups is 1. The second-order valence-corrected chi connectivity index (χ2v) is 7.19. The van der Waals surface area contributed by atoms with Gasteiger partial charge < -0.3 is 24.6 Å². The summed E-state index contributed by atoms with van der Waals surface area (Å²) in [4.78, 5) is 20.9. The van der Waals surface area contributed by atoms with Gasteiger partial charge in [0.1, 0.15) is 0 Å². The largest absolute Gasteiger partial charge is 0.493 e. The summed E-state index contributed by atoms with van der Waals surface area (Å²) < 4.78 is 10.7. The van der Waals surface area contributed by atoms with Gasteiger partial charge in [-0.3, -0.25) is 9.79 Å². The molecule has 1 aliphatic rings. The van der Waals surface area contributed by atoms with Crippen LogP contribution in [0, 0.1) is 0 Å². The van der Waals surface area contributed by atoms with Crippen LogP contribution in [0.5, 0.6) is 11.5 Å². The van der Waals surface area contributed by atoms with Crippen molar-refractivity contribution in [1.29, 1.82) is 0 Å². The van der Waals surface area contributed by atoms with Crippen LogP contribution in [0.15, 0.2) is 47.5 Å². The van der Waals surface area contributed by atoms with Crippen molar-refractivity contribution in [3.63, 3.8) is 0 Å². The molecule has 2 aromatic rings. The quantitative estimate of drug-likeness (QED) is 0.334. The molecule has 1 aliphatic heterocycles. The van der Waals surface area contributed by atoms with E-state index in [1.54, 1.807) is 21.3 Å². The van der Waals surface area contributed by atoms with Gasteiger partial charge >= 0.3 is 0 Å².